The molecular weight excluding hydrogens is 208 g/mol. The molecule has 14 heavy (non-hydrogen) atoms. The van der Waals surface area contributed by atoms with Crippen LogP contribution in [-0.4, -0.2) is 12.5 Å². The quantitative estimate of drug-likeness (QED) is 0.831. The average Bonchev–Trinajstić information content (AvgIpc) is 2.09. The van der Waals surface area contributed by atoms with E-state index in [1.165, 1.54) is 0 Å². The van der Waals surface area contributed by atoms with Crippen molar-refractivity contribution in [2.45, 2.75) is 25.8 Å². The third-order valence-corrected chi connectivity index (χ3v) is 2.34. The normalized spacial score (nSPS) is 13.3. The predicted molar refractivity (Wildman–Crippen MR) is 53.9 cm³/mol. The molecule has 0 amide bonds. The summed E-state index contributed by atoms with van der Waals surface area (Å²) >= 11 is 5.88. The van der Waals surface area contributed by atoms with E-state index in [-0.39, 0.29) is 6.42 Å². The SMILES string of the molecule is Cc1ccc(CC(N)C(F)F)c(Cl)c1. The second kappa shape index (κ2) is 4.71. The molecule has 1 aromatic rings. The van der Waals surface area contributed by atoms with Crippen molar-refractivity contribution in [3.63, 3.8) is 0 Å². The van der Waals surface area contributed by atoms with E-state index in [0.717, 1.165) is 5.56 Å². The molecule has 1 rings (SSSR count). The summed E-state index contributed by atoms with van der Waals surface area (Å²) in [6.07, 6.45) is -2.40. The summed E-state index contributed by atoms with van der Waals surface area (Å²) in [7, 11) is 0. The van der Waals surface area contributed by atoms with Crippen LogP contribution in [0.4, 0.5) is 8.78 Å². The van der Waals surface area contributed by atoms with E-state index in [1.807, 2.05) is 13.0 Å². The minimum atomic E-state index is -2.51. The highest BCUT2D eigenvalue weighted by Gasteiger charge is 2.16. The van der Waals surface area contributed by atoms with Gasteiger partial charge in [-0.05, 0) is 30.5 Å². The molecular formula is C10H12ClF2N. The highest BCUT2D eigenvalue weighted by molar-refractivity contribution is 6.31. The molecule has 0 saturated carbocycles. The van der Waals surface area contributed by atoms with Gasteiger partial charge in [0.15, 0.2) is 0 Å². The second-order valence-corrected chi connectivity index (χ2v) is 3.70. The van der Waals surface area contributed by atoms with E-state index in [4.69, 9.17) is 17.3 Å². The van der Waals surface area contributed by atoms with Gasteiger partial charge in [-0.25, -0.2) is 8.78 Å². The van der Waals surface area contributed by atoms with Gasteiger partial charge in [-0.15, -0.1) is 0 Å². The van der Waals surface area contributed by atoms with Crippen LogP contribution in [0.15, 0.2) is 18.2 Å². The summed E-state index contributed by atoms with van der Waals surface area (Å²) in [5.41, 5.74) is 6.92. The molecule has 1 unspecified atom stereocenters. The fourth-order valence-electron chi connectivity index (χ4n) is 1.16. The number of rotatable bonds is 3. The third-order valence-electron chi connectivity index (χ3n) is 1.99. The Bertz CT molecular complexity index is 315. The molecule has 1 atom stereocenters. The largest absolute Gasteiger partial charge is 0.323 e. The fraction of sp³-hybridized carbons (Fsp3) is 0.400. The van der Waals surface area contributed by atoms with Crippen molar-refractivity contribution in [3.05, 3.63) is 34.3 Å². The van der Waals surface area contributed by atoms with Crippen molar-refractivity contribution >= 4 is 11.6 Å². The molecule has 1 aromatic carbocycles. The van der Waals surface area contributed by atoms with Gasteiger partial charge in [0.1, 0.15) is 0 Å². The first kappa shape index (κ1) is 11.4. The van der Waals surface area contributed by atoms with Gasteiger partial charge in [0.2, 0.25) is 0 Å². The van der Waals surface area contributed by atoms with Gasteiger partial charge in [-0.1, -0.05) is 23.7 Å². The molecule has 0 aliphatic heterocycles. The molecule has 0 spiro atoms. The minimum absolute atomic E-state index is 0.108. The number of nitrogens with two attached hydrogens (primary N) is 1. The molecule has 0 heterocycles. The van der Waals surface area contributed by atoms with Gasteiger partial charge in [0.25, 0.3) is 6.43 Å². The molecule has 0 radical (unpaired) electrons. The zero-order chi connectivity index (χ0) is 10.7. The summed E-state index contributed by atoms with van der Waals surface area (Å²) in [6.45, 7) is 1.89. The fourth-order valence-corrected chi connectivity index (χ4v) is 1.47. The molecule has 0 fully saturated rings. The van der Waals surface area contributed by atoms with Crippen LogP contribution in [0.25, 0.3) is 0 Å². The Morgan fingerprint density at radius 2 is 2.07 bits per heavy atom. The summed E-state index contributed by atoms with van der Waals surface area (Å²) in [4.78, 5) is 0. The number of halogens is 3. The van der Waals surface area contributed by atoms with Crippen LogP contribution in [0.3, 0.4) is 0 Å². The average molecular weight is 220 g/mol. The number of alkyl halides is 2. The maximum Gasteiger partial charge on any atom is 0.253 e. The molecule has 1 nitrogen and oxygen atoms in total. The van der Waals surface area contributed by atoms with Gasteiger partial charge in [-0.2, -0.15) is 0 Å². The van der Waals surface area contributed by atoms with Crippen molar-refractivity contribution in [2.75, 3.05) is 0 Å². The Morgan fingerprint density at radius 3 is 2.57 bits per heavy atom. The van der Waals surface area contributed by atoms with Gasteiger partial charge in [0, 0.05) is 5.02 Å². The molecule has 0 bridgehead atoms. The summed E-state index contributed by atoms with van der Waals surface area (Å²) in [5.74, 6) is 0. The van der Waals surface area contributed by atoms with Crippen molar-refractivity contribution in [1.29, 1.82) is 0 Å². The zero-order valence-corrected chi connectivity index (χ0v) is 8.56. The van der Waals surface area contributed by atoms with E-state index < -0.39 is 12.5 Å². The van der Waals surface area contributed by atoms with Crippen LogP contribution >= 0.6 is 11.6 Å². The van der Waals surface area contributed by atoms with Crippen molar-refractivity contribution in [1.82, 2.24) is 0 Å². The van der Waals surface area contributed by atoms with E-state index in [9.17, 15) is 8.78 Å². The maximum atomic E-state index is 12.2. The first-order valence-corrected chi connectivity index (χ1v) is 4.67. The number of hydrogen-bond acceptors (Lipinski definition) is 1. The Kier molecular flexibility index (Phi) is 3.84. The molecule has 2 N–H and O–H groups in total. The Morgan fingerprint density at radius 1 is 1.43 bits per heavy atom. The van der Waals surface area contributed by atoms with Gasteiger partial charge in [-0.3, -0.25) is 0 Å². The summed E-state index contributed by atoms with van der Waals surface area (Å²) < 4.78 is 24.3. The van der Waals surface area contributed by atoms with E-state index in [2.05, 4.69) is 0 Å². The molecule has 0 aromatic heterocycles. The first-order chi connectivity index (χ1) is 6.50. The molecule has 0 aliphatic rings. The Labute approximate surface area is 86.9 Å². The Hall–Kier alpha value is -0.670. The third kappa shape index (κ3) is 2.93. The van der Waals surface area contributed by atoms with Crippen LogP contribution in [-0.2, 0) is 6.42 Å². The molecule has 4 heteroatoms. The van der Waals surface area contributed by atoms with Gasteiger partial charge < -0.3 is 5.73 Å². The van der Waals surface area contributed by atoms with E-state index in [0.29, 0.717) is 10.6 Å². The molecule has 0 aliphatic carbocycles. The van der Waals surface area contributed by atoms with Crippen LogP contribution in [0.2, 0.25) is 5.02 Å². The first-order valence-electron chi connectivity index (χ1n) is 4.29. The van der Waals surface area contributed by atoms with Crippen LogP contribution in [0.1, 0.15) is 11.1 Å². The van der Waals surface area contributed by atoms with Crippen LogP contribution < -0.4 is 5.73 Å². The standard InChI is InChI=1S/C10H12ClF2N/c1-6-2-3-7(8(11)4-6)5-9(14)10(12)13/h2-4,9-10H,5,14H2,1H3. The van der Waals surface area contributed by atoms with Crippen molar-refractivity contribution in [3.8, 4) is 0 Å². The summed E-state index contributed by atoms with van der Waals surface area (Å²) in [6, 6.07) is 4.17. The molecule has 0 saturated heterocycles. The minimum Gasteiger partial charge on any atom is -0.323 e. The van der Waals surface area contributed by atoms with E-state index in [1.54, 1.807) is 12.1 Å². The lowest BCUT2D eigenvalue weighted by Gasteiger charge is -2.11. The lowest BCUT2D eigenvalue weighted by molar-refractivity contribution is 0.116. The monoisotopic (exact) mass is 219 g/mol. The van der Waals surface area contributed by atoms with Crippen LogP contribution in [0, 0.1) is 6.92 Å². The predicted octanol–water partition coefficient (Wildman–Crippen LogP) is 2.78. The molecule has 78 valence electrons. The highest BCUT2D eigenvalue weighted by atomic mass is 35.5. The van der Waals surface area contributed by atoms with E-state index >= 15 is 0 Å². The lowest BCUT2D eigenvalue weighted by atomic mass is 10.1. The highest BCUT2D eigenvalue weighted by Crippen LogP contribution is 2.19. The number of aryl methyl sites for hydroxylation is 1. The Balaban J connectivity index is 2.77. The lowest BCUT2D eigenvalue weighted by Crippen LogP contribution is -2.31. The topological polar surface area (TPSA) is 26.0 Å². The zero-order valence-electron chi connectivity index (χ0n) is 7.81. The van der Waals surface area contributed by atoms with Crippen LogP contribution in [0.5, 0.6) is 0 Å². The van der Waals surface area contributed by atoms with Gasteiger partial charge in [0.05, 0.1) is 6.04 Å². The number of hydrogen-bond donors (Lipinski definition) is 1. The van der Waals surface area contributed by atoms with Gasteiger partial charge >= 0.3 is 0 Å². The smallest absolute Gasteiger partial charge is 0.253 e. The number of benzene rings is 1. The maximum absolute atomic E-state index is 12.2. The second-order valence-electron chi connectivity index (χ2n) is 3.30. The van der Waals surface area contributed by atoms with Crippen molar-refractivity contribution < 1.29 is 8.78 Å². The van der Waals surface area contributed by atoms with Crippen molar-refractivity contribution in [2.24, 2.45) is 5.73 Å². The summed E-state index contributed by atoms with van der Waals surface area (Å²) in [5, 5.41) is 0.501.